The molecule has 0 unspecified atom stereocenters. The second kappa shape index (κ2) is 9.55. The number of amides is 1. The van der Waals surface area contributed by atoms with Crippen molar-refractivity contribution in [2.45, 2.75) is 20.3 Å². The molecule has 7 nitrogen and oxygen atoms in total. The number of halogens is 1. The van der Waals surface area contributed by atoms with Gasteiger partial charge in [-0.05, 0) is 53.4 Å². The Morgan fingerprint density at radius 1 is 0.947 bits per heavy atom. The first-order chi connectivity index (χ1) is 18.4. The van der Waals surface area contributed by atoms with Gasteiger partial charge in [0.15, 0.2) is 0 Å². The van der Waals surface area contributed by atoms with Crippen LogP contribution in [0.15, 0.2) is 79.3 Å². The van der Waals surface area contributed by atoms with Crippen LogP contribution in [0, 0.1) is 11.7 Å². The van der Waals surface area contributed by atoms with Crippen LogP contribution in [0.1, 0.15) is 20.3 Å². The minimum atomic E-state index is -0.262. The summed E-state index contributed by atoms with van der Waals surface area (Å²) in [7, 11) is 0. The maximum absolute atomic E-state index is 13.5. The normalized spacial score (nSPS) is 11.5. The van der Waals surface area contributed by atoms with E-state index in [-0.39, 0.29) is 17.6 Å². The number of rotatable bonds is 6. The number of carbonyl (C=O) groups excluding carboxylic acids is 1. The van der Waals surface area contributed by atoms with Gasteiger partial charge in [0, 0.05) is 34.5 Å². The number of carbonyl (C=O) groups is 1. The molecule has 0 atom stereocenters. The van der Waals surface area contributed by atoms with Gasteiger partial charge in [-0.15, -0.1) is 0 Å². The SMILES string of the molecule is CC(C)CC(=O)Nc1cncc(-c2cc3c(-c4cc5c(-c6ccc(F)cc6)cccc5[nH]4)n[nH]c3cn2)c1. The van der Waals surface area contributed by atoms with Gasteiger partial charge in [0.2, 0.25) is 5.91 Å². The van der Waals surface area contributed by atoms with Crippen LogP contribution in [0.3, 0.4) is 0 Å². The van der Waals surface area contributed by atoms with Crippen LogP contribution in [-0.4, -0.2) is 31.1 Å². The molecule has 6 rings (SSSR count). The van der Waals surface area contributed by atoms with Gasteiger partial charge in [0.05, 0.1) is 35.0 Å². The number of nitrogens with one attached hydrogen (secondary N) is 3. The number of hydrogen-bond acceptors (Lipinski definition) is 4. The molecule has 6 aromatic rings. The quantitative estimate of drug-likeness (QED) is 0.228. The molecule has 0 aliphatic carbocycles. The van der Waals surface area contributed by atoms with Crippen LogP contribution >= 0.6 is 0 Å². The van der Waals surface area contributed by atoms with Crippen LogP contribution in [-0.2, 0) is 4.79 Å². The highest BCUT2D eigenvalue weighted by molar-refractivity contribution is 6.01. The molecule has 3 N–H and O–H groups in total. The molecule has 1 amide bonds. The largest absolute Gasteiger partial charge is 0.353 e. The van der Waals surface area contributed by atoms with E-state index in [1.165, 1.54) is 12.1 Å². The van der Waals surface area contributed by atoms with Crippen molar-refractivity contribution >= 4 is 33.4 Å². The third-order valence-electron chi connectivity index (χ3n) is 6.43. The predicted octanol–water partition coefficient (Wildman–Crippen LogP) is 6.96. The third kappa shape index (κ3) is 4.52. The molecule has 0 aliphatic rings. The summed E-state index contributed by atoms with van der Waals surface area (Å²) in [6.07, 6.45) is 5.55. The monoisotopic (exact) mass is 504 g/mol. The molecule has 0 radical (unpaired) electrons. The van der Waals surface area contributed by atoms with Crippen LogP contribution in [0.2, 0.25) is 0 Å². The second-order valence-corrected chi connectivity index (χ2v) is 9.75. The van der Waals surface area contributed by atoms with E-state index in [1.54, 1.807) is 30.7 Å². The molecule has 0 fully saturated rings. The fourth-order valence-electron chi connectivity index (χ4n) is 4.68. The Morgan fingerprint density at radius 2 is 1.79 bits per heavy atom. The zero-order valence-electron chi connectivity index (χ0n) is 20.9. The van der Waals surface area contributed by atoms with Gasteiger partial charge in [0.1, 0.15) is 11.5 Å². The lowest BCUT2D eigenvalue weighted by Crippen LogP contribution is -2.13. The Morgan fingerprint density at radius 3 is 2.61 bits per heavy atom. The number of pyridine rings is 2. The molecular weight excluding hydrogens is 479 g/mol. The molecule has 0 spiro atoms. The van der Waals surface area contributed by atoms with Gasteiger partial charge >= 0.3 is 0 Å². The molecule has 4 heterocycles. The first-order valence-corrected chi connectivity index (χ1v) is 12.4. The predicted molar refractivity (Wildman–Crippen MR) is 148 cm³/mol. The minimum Gasteiger partial charge on any atom is -0.353 e. The summed E-state index contributed by atoms with van der Waals surface area (Å²) in [6.45, 7) is 4.01. The summed E-state index contributed by atoms with van der Waals surface area (Å²) in [6, 6.07) is 18.4. The Hall–Kier alpha value is -4.85. The van der Waals surface area contributed by atoms with Crippen molar-refractivity contribution in [3.05, 3.63) is 85.1 Å². The zero-order chi connectivity index (χ0) is 26.2. The molecule has 8 heteroatoms. The number of hydrogen-bond donors (Lipinski definition) is 3. The Balaban J connectivity index is 1.38. The van der Waals surface area contributed by atoms with E-state index < -0.39 is 0 Å². The highest BCUT2D eigenvalue weighted by atomic mass is 19.1. The third-order valence-corrected chi connectivity index (χ3v) is 6.43. The average molecular weight is 505 g/mol. The maximum Gasteiger partial charge on any atom is 0.224 e. The molecular formula is C30H25FN6O. The molecule has 0 bridgehead atoms. The summed E-state index contributed by atoms with van der Waals surface area (Å²) in [5.74, 6) is -0.0359. The molecule has 0 saturated carbocycles. The summed E-state index contributed by atoms with van der Waals surface area (Å²) in [5.41, 5.74) is 7.46. The minimum absolute atomic E-state index is 0.0432. The van der Waals surface area contributed by atoms with Crippen molar-refractivity contribution < 1.29 is 9.18 Å². The van der Waals surface area contributed by atoms with Gasteiger partial charge in [0.25, 0.3) is 0 Å². The molecule has 188 valence electrons. The fourth-order valence-corrected chi connectivity index (χ4v) is 4.68. The van der Waals surface area contributed by atoms with Gasteiger partial charge in [-0.2, -0.15) is 5.10 Å². The number of aromatic nitrogens is 5. The van der Waals surface area contributed by atoms with Crippen LogP contribution in [0.4, 0.5) is 10.1 Å². The van der Waals surface area contributed by atoms with Gasteiger partial charge in [-0.3, -0.25) is 19.9 Å². The number of anilines is 1. The Kier molecular flexibility index (Phi) is 5.92. The fraction of sp³-hybridized carbons (Fsp3) is 0.133. The van der Waals surface area contributed by atoms with E-state index >= 15 is 0 Å². The van der Waals surface area contributed by atoms with Crippen LogP contribution in [0.25, 0.3) is 55.6 Å². The van der Waals surface area contributed by atoms with Crippen LogP contribution in [0.5, 0.6) is 0 Å². The smallest absolute Gasteiger partial charge is 0.224 e. The molecule has 38 heavy (non-hydrogen) atoms. The molecule has 0 aliphatic heterocycles. The van der Waals surface area contributed by atoms with Crippen molar-refractivity contribution in [1.82, 2.24) is 25.1 Å². The average Bonchev–Trinajstić information content (AvgIpc) is 3.52. The highest BCUT2D eigenvalue weighted by Crippen LogP contribution is 2.35. The van der Waals surface area contributed by atoms with E-state index in [4.69, 9.17) is 0 Å². The molecule has 2 aromatic carbocycles. The van der Waals surface area contributed by atoms with E-state index in [2.05, 4.69) is 36.5 Å². The van der Waals surface area contributed by atoms with Gasteiger partial charge in [-0.25, -0.2) is 4.39 Å². The molecule has 4 aromatic heterocycles. The van der Waals surface area contributed by atoms with Gasteiger partial charge < -0.3 is 10.3 Å². The van der Waals surface area contributed by atoms with Crippen LogP contribution < -0.4 is 5.32 Å². The van der Waals surface area contributed by atoms with Crippen molar-refractivity contribution in [2.24, 2.45) is 5.92 Å². The topological polar surface area (TPSA) is 99.4 Å². The first-order valence-electron chi connectivity index (χ1n) is 12.4. The zero-order valence-corrected chi connectivity index (χ0v) is 20.9. The Bertz CT molecular complexity index is 1780. The lowest BCUT2D eigenvalue weighted by atomic mass is 10.0. The summed E-state index contributed by atoms with van der Waals surface area (Å²) in [5, 5.41) is 12.5. The highest BCUT2D eigenvalue weighted by Gasteiger charge is 2.15. The summed E-state index contributed by atoms with van der Waals surface area (Å²) >= 11 is 0. The van der Waals surface area contributed by atoms with E-state index in [0.29, 0.717) is 12.1 Å². The maximum atomic E-state index is 13.5. The molecule has 0 saturated heterocycles. The Labute approximate surface area is 218 Å². The van der Waals surface area contributed by atoms with Crippen molar-refractivity contribution in [1.29, 1.82) is 0 Å². The first kappa shape index (κ1) is 23.5. The van der Waals surface area contributed by atoms with Crippen molar-refractivity contribution in [3.63, 3.8) is 0 Å². The lowest BCUT2D eigenvalue weighted by Gasteiger charge is -2.08. The van der Waals surface area contributed by atoms with Crippen molar-refractivity contribution in [3.8, 4) is 33.8 Å². The lowest BCUT2D eigenvalue weighted by molar-refractivity contribution is -0.116. The number of fused-ring (bicyclic) bond motifs is 2. The number of aromatic amines is 2. The number of benzene rings is 2. The second-order valence-electron chi connectivity index (χ2n) is 9.75. The standard InChI is InChI=1S/C30H25FN6O/c1-17(2)10-29(38)34-21-11-19(14-32-15-21)26-13-24-28(16-33-26)36-37-30(24)27-12-23-22(4-3-5-25(23)35-27)18-6-8-20(31)9-7-18/h3-9,11-17,35H,10H2,1-2H3,(H,34,38)(H,36,37). The summed E-state index contributed by atoms with van der Waals surface area (Å²) < 4.78 is 13.5. The number of H-pyrrole nitrogens is 2. The van der Waals surface area contributed by atoms with Gasteiger partial charge in [-0.1, -0.05) is 38.1 Å². The van der Waals surface area contributed by atoms with E-state index in [9.17, 15) is 9.18 Å². The van der Waals surface area contributed by atoms with E-state index in [1.807, 2.05) is 44.2 Å². The van der Waals surface area contributed by atoms with Crippen molar-refractivity contribution in [2.75, 3.05) is 5.32 Å². The van der Waals surface area contributed by atoms with E-state index in [0.717, 1.165) is 55.6 Å². The summed E-state index contributed by atoms with van der Waals surface area (Å²) in [4.78, 5) is 24.6. The number of nitrogens with zero attached hydrogens (tertiary/aromatic N) is 3.